The maximum absolute atomic E-state index is 11.2. The molecule has 0 spiro atoms. The summed E-state index contributed by atoms with van der Waals surface area (Å²) in [5.74, 6) is -3.76. The van der Waals surface area contributed by atoms with Crippen molar-refractivity contribution in [2.45, 2.75) is 0 Å². The highest BCUT2D eigenvalue weighted by Gasteiger charge is 2.21. The Labute approximate surface area is 138 Å². The number of rotatable bonds is 6. The molecule has 0 aliphatic carbocycles. The summed E-state index contributed by atoms with van der Waals surface area (Å²) >= 11 is 0. The fraction of sp³-hybridized carbons (Fsp3) is 0. The van der Waals surface area contributed by atoms with E-state index in [2.05, 4.69) is 0 Å². The zero-order chi connectivity index (χ0) is 18.7. The van der Waals surface area contributed by atoms with Gasteiger partial charge in [0.1, 0.15) is 22.6 Å². The number of nitro benzene ring substituents is 2. The number of benzene rings is 2. The lowest BCUT2D eigenvalue weighted by Crippen LogP contribution is -2.05. The van der Waals surface area contributed by atoms with E-state index in [1.165, 1.54) is 0 Å². The van der Waals surface area contributed by atoms with Crippen molar-refractivity contribution in [2.24, 2.45) is 0 Å². The second-order valence-electron chi connectivity index (χ2n) is 4.59. The van der Waals surface area contributed by atoms with Crippen LogP contribution in [-0.4, -0.2) is 32.0 Å². The number of ether oxygens (including phenoxy) is 1. The molecule has 11 heteroatoms. The van der Waals surface area contributed by atoms with Crippen molar-refractivity contribution in [2.75, 3.05) is 0 Å². The second kappa shape index (κ2) is 6.62. The van der Waals surface area contributed by atoms with Gasteiger partial charge in [-0.3, -0.25) is 20.2 Å². The normalized spacial score (nSPS) is 10.1. The van der Waals surface area contributed by atoms with Crippen LogP contribution in [0.5, 0.6) is 11.5 Å². The first-order chi connectivity index (χ1) is 11.7. The molecule has 0 amide bonds. The van der Waals surface area contributed by atoms with Crippen LogP contribution in [0.3, 0.4) is 0 Å². The molecule has 2 aromatic rings. The molecule has 2 aromatic carbocycles. The average molecular weight is 348 g/mol. The third kappa shape index (κ3) is 3.67. The van der Waals surface area contributed by atoms with Gasteiger partial charge in [0, 0.05) is 24.3 Å². The lowest BCUT2D eigenvalue weighted by Gasteiger charge is -2.10. The molecule has 0 unspecified atom stereocenters. The zero-order valence-corrected chi connectivity index (χ0v) is 12.1. The Morgan fingerprint density at radius 2 is 1.16 bits per heavy atom. The molecule has 0 atom stereocenters. The number of carbonyl (C=O) groups is 2. The number of non-ortho nitro benzene ring substituents is 2. The second-order valence-corrected chi connectivity index (χ2v) is 4.59. The molecule has 2 rings (SSSR count). The van der Waals surface area contributed by atoms with E-state index >= 15 is 0 Å². The number of nitrogens with zero attached hydrogens (tertiary/aromatic N) is 2. The summed E-state index contributed by atoms with van der Waals surface area (Å²) < 4.78 is 5.23. The standard InChI is InChI=1S/C14H8N2O9/c17-13(18)9-5-7(15(21)22)1-3-11(9)25-12-4-2-8(16(23)24)6-10(12)14(19)20/h1-6H,(H,17,18)(H,19,20). The van der Waals surface area contributed by atoms with Crippen LogP contribution >= 0.6 is 0 Å². The van der Waals surface area contributed by atoms with E-state index in [1.807, 2.05) is 0 Å². The van der Waals surface area contributed by atoms with Crippen LogP contribution in [0, 0.1) is 20.2 Å². The van der Waals surface area contributed by atoms with Crippen LogP contribution < -0.4 is 4.74 Å². The minimum Gasteiger partial charge on any atom is -0.478 e. The first-order valence-corrected chi connectivity index (χ1v) is 6.42. The molecule has 11 nitrogen and oxygen atoms in total. The number of hydrogen-bond acceptors (Lipinski definition) is 7. The monoisotopic (exact) mass is 348 g/mol. The molecular formula is C14H8N2O9. The lowest BCUT2D eigenvalue weighted by molar-refractivity contribution is -0.385. The number of hydrogen-bond donors (Lipinski definition) is 2. The van der Waals surface area contributed by atoms with Gasteiger partial charge < -0.3 is 14.9 Å². The van der Waals surface area contributed by atoms with Crippen molar-refractivity contribution in [1.29, 1.82) is 0 Å². The van der Waals surface area contributed by atoms with Gasteiger partial charge in [0.25, 0.3) is 11.4 Å². The summed E-state index contributed by atoms with van der Waals surface area (Å²) in [6.45, 7) is 0. The predicted octanol–water partition coefficient (Wildman–Crippen LogP) is 2.69. The molecule has 0 aliphatic heterocycles. The molecule has 0 saturated carbocycles. The molecule has 0 bridgehead atoms. The van der Waals surface area contributed by atoms with Gasteiger partial charge in [0.2, 0.25) is 0 Å². The van der Waals surface area contributed by atoms with E-state index < -0.39 is 44.3 Å². The number of nitro groups is 2. The Hall–Kier alpha value is -4.02. The van der Waals surface area contributed by atoms with E-state index in [0.717, 1.165) is 36.4 Å². The van der Waals surface area contributed by atoms with Crippen LogP contribution in [-0.2, 0) is 0 Å². The molecule has 0 radical (unpaired) electrons. The Balaban J connectivity index is 2.52. The van der Waals surface area contributed by atoms with Gasteiger partial charge in [-0.25, -0.2) is 9.59 Å². The first-order valence-electron chi connectivity index (χ1n) is 6.42. The maximum atomic E-state index is 11.2. The largest absolute Gasteiger partial charge is 0.478 e. The van der Waals surface area contributed by atoms with Crippen LogP contribution in [0.2, 0.25) is 0 Å². The topological polar surface area (TPSA) is 170 Å². The van der Waals surface area contributed by atoms with Gasteiger partial charge in [-0.2, -0.15) is 0 Å². The van der Waals surface area contributed by atoms with Gasteiger partial charge in [-0.1, -0.05) is 0 Å². The van der Waals surface area contributed by atoms with Gasteiger partial charge in [-0.15, -0.1) is 0 Å². The lowest BCUT2D eigenvalue weighted by atomic mass is 10.1. The Morgan fingerprint density at radius 1 is 0.800 bits per heavy atom. The molecule has 0 heterocycles. The van der Waals surface area contributed by atoms with Crippen molar-refractivity contribution in [3.8, 4) is 11.5 Å². The fourth-order valence-electron chi connectivity index (χ4n) is 1.89. The third-order valence-electron chi connectivity index (χ3n) is 3.03. The molecule has 0 saturated heterocycles. The summed E-state index contributed by atoms with van der Waals surface area (Å²) in [5, 5.41) is 39.7. The quantitative estimate of drug-likeness (QED) is 0.588. The minimum absolute atomic E-state index is 0.352. The summed E-state index contributed by atoms with van der Waals surface area (Å²) in [6.07, 6.45) is 0. The molecule has 2 N–H and O–H groups in total. The summed E-state index contributed by atoms with van der Waals surface area (Å²) in [4.78, 5) is 42.3. The molecule has 0 aromatic heterocycles. The SMILES string of the molecule is O=C(O)c1cc([N+](=O)[O-])ccc1Oc1ccc([N+](=O)[O-])cc1C(=O)O. The summed E-state index contributed by atoms with van der Waals surface area (Å²) in [5.41, 5.74) is -2.12. The van der Waals surface area contributed by atoms with Gasteiger partial charge in [0.15, 0.2) is 0 Å². The summed E-state index contributed by atoms with van der Waals surface area (Å²) in [7, 11) is 0. The fourth-order valence-corrected chi connectivity index (χ4v) is 1.89. The van der Waals surface area contributed by atoms with Crippen molar-refractivity contribution < 1.29 is 34.4 Å². The van der Waals surface area contributed by atoms with Gasteiger partial charge >= 0.3 is 11.9 Å². The van der Waals surface area contributed by atoms with Crippen molar-refractivity contribution in [1.82, 2.24) is 0 Å². The van der Waals surface area contributed by atoms with Crippen molar-refractivity contribution in [3.63, 3.8) is 0 Å². The van der Waals surface area contributed by atoms with Crippen molar-refractivity contribution >= 4 is 23.3 Å². The van der Waals surface area contributed by atoms with E-state index in [9.17, 15) is 29.8 Å². The molecule has 0 fully saturated rings. The van der Waals surface area contributed by atoms with Crippen LogP contribution in [0.4, 0.5) is 11.4 Å². The van der Waals surface area contributed by atoms with E-state index in [-0.39, 0.29) is 11.5 Å². The molecular weight excluding hydrogens is 340 g/mol. The van der Waals surface area contributed by atoms with Gasteiger partial charge in [-0.05, 0) is 12.1 Å². The van der Waals surface area contributed by atoms with E-state index in [1.54, 1.807) is 0 Å². The van der Waals surface area contributed by atoms with Crippen LogP contribution in [0.1, 0.15) is 20.7 Å². The Bertz CT molecular complexity index is 834. The zero-order valence-electron chi connectivity index (χ0n) is 12.1. The Morgan fingerprint density at radius 3 is 1.44 bits per heavy atom. The van der Waals surface area contributed by atoms with E-state index in [0.29, 0.717) is 0 Å². The maximum Gasteiger partial charge on any atom is 0.339 e. The molecule has 25 heavy (non-hydrogen) atoms. The van der Waals surface area contributed by atoms with Gasteiger partial charge in [0.05, 0.1) is 9.85 Å². The molecule has 128 valence electrons. The van der Waals surface area contributed by atoms with Crippen molar-refractivity contribution in [3.05, 3.63) is 67.8 Å². The highest BCUT2D eigenvalue weighted by Crippen LogP contribution is 2.32. The van der Waals surface area contributed by atoms with E-state index in [4.69, 9.17) is 14.9 Å². The average Bonchev–Trinajstić information content (AvgIpc) is 2.54. The van der Waals surface area contributed by atoms with Crippen LogP contribution in [0.15, 0.2) is 36.4 Å². The molecule has 0 aliphatic rings. The smallest absolute Gasteiger partial charge is 0.339 e. The highest BCUT2D eigenvalue weighted by molar-refractivity contribution is 5.93. The minimum atomic E-state index is -1.53. The predicted molar refractivity (Wildman–Crippen MR) is 80.2 cm³/mol. The number of aromatic carboxylic acids is 2. The van der Waals surface area contributed by atoms with Crippen LogP contribution in [0.25, 0.3) is 0 Å². The summed E-state index contributed by atoms with van der Waals surface area (Å²) in [6, 6.07) is 5.46. The third-order valence-corrected chi connectivity index (χ3v) is 3.03. The Kier molecular flexibility index (Phi) is 4.59. The first kappa shape index (κ1) is 17.3. The number of carboxylic acid groups (broad SMARTS) is 2. The number of carboxylic acids is 2. The highest BCUT2D eigenvalue weighted by atomic mass is 16.6.